The molecule has 0 saturated carbocycles. The van der Waals surface area contributed by atoms with Crippen LogP contribution >= 0.6 is 11.6 Å². The van der Waals surface area contributed by atoms with Crippen molar-refractivity contribution in [2.45, 2.75) is 6.54 Å². The summed E-state index contributed by atoms with van der Waals surface area (Å²) >= 11 is 5.77. The van der Waals surface area contributed by atoms with Crippen molar-refractivity contribution in [1.82, 2.24) is 14.9 Å². The Morgan fingerprint density at radius 2 is 1.84 bits per heavy atom. The van der Waals surface area contributed by atoms with Gasteiger partial charge in [0.25, 0.3) is 5.91 Å². The molecule has 2 aromatic rings. The summed E-state index contributed by atoms with van der Waals surface area (Å²) in [4.78, 5) is 21.7. The van der Waals surface area contributed by atoms with E-state index in [-0.39, 0.29) is 5.91 Å². The number of amides is 1. The fraction of sp³-hybridized carbons (Fsp3) is 0.214. The highest BCUT2D eigenvalue weighted by Gasteiger charge is 2.15. The lowest BCUT2D eigenvalue weighted by atomic mass is 10.2. The second kappa shape index (κ2) is 6.85. The summed E-state index contributed by atoms with van der Waals surface area (Å²) in [7, 11) is 0. The first-order valence-electron chi connectivity index (χ1n) is 5.95. The second-order valence-electron chi connectivity index (χ2n) is 4.03. The number of carbonyl (C=O) groups is 1. The molecule has 0 unspecified atom stereocenters. The summed E-state index contributed by atoms with van der Waals surface area (Å²) in [6.45, 7) is 1.02. The van der Waals surface area contributed by atoms with Crippen LogP contribution in [0.4, 0.5) is 0 Å². The lowest BCUT2D eigenvalue weighted by Gasteiger charge is -2.21. The van der Waals surface area contributed by atoms with Crippen molar-refractivity contribution in [3.63, 3.8) is 0 Å². The van der Waals surface area contributed by atoms with Crippen LogP contribution in [0.5, 0.6) is 0 Å². The van der Waals surface area contributed by atoms with Gasteiger partial charge < -0.3 is 4.90 Å². The minimum absolute atomic E-state index is 0.106. The smallest absolute Gasteiger partial charge is 0.257 e. The van der Waals surface area contributed by atoms with Crippen molar-refractivity contribution >= 4 is 17.5 Å². The molecule has 0 bridgehead atoms. The van der Waals surface area contributed by atoms with E-state index in [1.165, 1.54) is 18.7 Å². The van der Waals surface area contributed by atoms with Gasteiger partial charge in [-0.25, -0.2) is 9.97 Å². The van der Waals surface area contributed by atoms with Gasteiger partial charge in [-0.1, -0.05) is 30.3 Å². The molecule has 1 heterocycles. The Bertz CT molecular complexity index is 519. The van der Waals surface area contributed by atoms with Crippen molar-refractivity contribution in [3.05, 3.63) is 60.2 Å². The molecule has 0 spiro atoms. The van der Waals surface area contributed by atoms with Crippen molar-refractivity contribution in [2.24, 2.45) is 0 Å². The fourth-order valence-corrected chi connectivity index (χ4v) is 1.95. The summed E-state index contributed by atoms with van der Waals surface area (Å²) in [5.41, 5.74) is 1.54. The molecule has 0 atom stereocenters. The first kappa shape index (κ1) is 13.5. The van der Waals surface area contributed by atoms with Gasteiger partial charge in [-0.05, 0) is 5.56 Å². The van der Waals surface area contributed by atoms with Gasteiger partial charge in [-0.15, -0.1) is 11.6 Å². The van der Waals surface area contributed by atoms with Crippen LogP contribution < -0.4 is 0 Å². The van der Waals surface area contributed by atoms with E-state index in [2.05, 4.69) is 9.97 Å². The highest BCUT2D eigenvalue weighted by Crippen LogP contribution is 2.09. The monoisotopic (exact) mass is 275 g/mol. The van der Waals surface area contributed by atoms with E-state index >= 15 is 0 Å². The third kappa shape index (κ3) is 3.76. The predicted molar refractivity (Wildman–Crippen MR) is 73.9 cm³/mol. The van der Waals surface area contributed by atoms with Crippen LogP contribution in [0.2, 0.25) is 0 Å². The fourth-order valence-electron chi connectivity index (χ4n) is 1.75. The number of hydrogen-bond acceptors (Lipinski definition) is 3. The van der Waals surface area contributed by atoms with Crippen LogP contribution in [0.1, 0.15) is 15.9 Å². The van der Waals surface area contributed by atoms with Gasteiger partial charge in [-0.3, -0.25) is 4.79 Å². The molecule has 0 aliphatic carbocycles. The topological polar surface area (TPSA) is 46.1 Å². The third-order valence-electron chi connectivity index (χ3n) is 2.67. The van der Waals surface area contributed by atoms with Gasteiger partial charge in [0.1, 0.15) is 6.33 Å². The first-order chi connectivity index (χ1) is 9.31. The quantitative estimate of drug-likeness (QED) is 0.787. The van der Waals surface area contributed by atoms with E-state index in [1.54, 1.807) is 4.90 Å². The van der Waals surface area contributed by atoms with Gasteiger partial charge in [-0.2, -0.15) is 0 Å². The Balaban J connectivity index is 2.14. The molecule has 0 radical (unpaired) electrons. The van der Waals surface area contributed by atoms with E-state index in [1.807, 2.05) is 30.3 Å². The molecule has 0 fully saturated rings. The molecule has 2 rings (SSSR count). The highest BCUT2D eigenvalue weighted by atomic mass is 35.5. The predicted octanol–water partition coefficient (Wildman–Crippen LogP) is 2.36. The third-order valence-corrected chi connectivity index (χ3v) is 2.83. The number of carbonyl (C=O) groups excluding carboxylic acids is 1. The minimum atomic E-state index is -0.106. The molecule has 98 valence electrons. The molecule has 1 aromatic heterocycles. The number of alkyl halides is 1. The van der Waals surface area contributed by atoms with Gasteiger partial charge in [0.2, 0.25) is 0 Å². The van der Waals surface area contributed by atoms with E-state index < -0.39 is 0 Å². The first-order valence-corrected chi connectivity index (χ1v) is 6.49. The summed E-state index contributed by atoms with van der Waals surface area (Å²) < 4.78 is 0. The average molecular weight is 276 g/mol. The van der Waals surface area contributed by atoms with Crippen LogP contribution in [0.15, 0.2) is 49.1 Å². The maximum Gasteiger partial charge on any atom is 0.257 e. The largest absolute Gasteiger partial charge is 0.333 e. The molecular formula is C14H14ClN3O. The summed E-state index contributed by atoms with van der Waals surface area (Å²) in [5.74, 6) is 0.289. The van der Waals surface area contributed by atoms with Gasteiger partial charge >= 0.3 is 0 Å². The summed E-state index contributed by atoms with van der Waals surface area (Å²) in [5, 5.41) is 0. The zero-order valence-corrected chi connectivity index (χ0v) is 11.1. The van der Waals surface area contributed by atoms with Crippen LogP contribution in [0.3, 0.4) is 0 Å². The molecular weight excluding hydrogens is 262 g/mol. The van der Waals surface area contributed by atoms with Crippen molar-refractivity contribution < 1.29 is 4.79 Å². The molecule has 4 nitrogen and oxygen atoms in total. The minimum Gasteiger partial charge on any atom is -0.333 e. The normalized spacial score (nSPS) is 10.2. The van der Waals surface area contributed by atoms with E-state index in [9.17, 15) is 4.79 Å². The summed E-state index contributed by atoms with van der Waals surface area (Å²) in [6.07, 6.45) is 4.43. The zero-order chi connectivity index (χ0) is 13.5. The van der Waals surface area contributed by atoms with Crippen LogP contribution in [0.25, 0.3) is 0 Å². The maximum atomic E-state index is 12.3. The Kier molecular flexibility index (Phi) is 4.86. The standard InChI is InChI=1S/C14H14ClN3O/c15-6-7-18(10-12-4-2-1-3-5-12)14(19)13-8-16-11-17-9-13/h1-5,8-9,11H,6-7,10H2. The molecule has 1 amide bonds. The molecule has 1 aromatic carbocycles. The van der Waals surface area contributed by atoms with Gasteiger partial charge in [0.05, 0.1) is 5.56 Å². The number of rotatable bonds is 5. The van der Waals surface area contributed by atoms with Gasteiger partial charge in [0, 0.05) is 31.4 Å². The van der Waals surface area contributed by atoms with Crippen LogP contribution in [-0.4, -0.2) is 33.2 Å². The molecule has 0 aliphatic rings. The second-order valence-corrected chi connectivity index (χ2v) is 4.41. The maximum absolute atomic E-state index is 12.3. The van der Waals surface area contributed by atoms with Crippen molar-refractivity contribution in [2.75, 3.05) is 12.4 Å². The van der Waals surface area contributed by atoms with Crippen molar-refractivity contribution in [1.29, 1.82) is 0 Å². The van der Waals surface area contributed by atoms with E-state index in [0.717, 1.165) is 5.56 Å². The molecule has 19 heavy (non-hydrogen) atoms. The van der Waals surface area contributed by atoms with Crippen molar-refractivity contribution in [3.8, 4) is 0 Å². The lowest BCUT2D eigenvalue weighted by Crippen LogP contribution is -2.32. The average Bonchev–Trinajstić information content (AvgIpc) is 2.48. The van der Waals surface area contributed by atoms with Gasteiger partial charge in [0.15, 0.2) is 0 Å². The number of aromatic nitrogens is 2. The zero-order valence-electron chi connectivity index (χ0n) is 10.4. The Morgan fingerprint density at radius 1 is 1.16 bits per heavy atom. The van der Waals surface area contributed by atoms with Crippen LogP contribution in [-0.2, 0) is 6.54 Å². The molecule has 0 N–H and O–H groups in total. The van der Waals surface area contributed by atoms with Crippen LogP contribution in [0, 0.1) is 0 Å². The number of halogens is 1. The number of benzene rings is 1. The Morgan fingerprint density at radius 3 is 2.47 bits per heavy atom. The SMILES string of the molecule is O=C(c1cncnc1)N(CCCl)Cc1ccccc1. The molecule has 5 heteroatoms. The summed E-state index contributed by atoms with van der Waals surface area (Å²) in [6, 6.07) is 9.81. The number of nitrogens with zero attached hydrogens (tertiary/aromatic N) is 3. The van der Waals surface area contributed by atoms with E-state index in [0.29, 0.717) is 24.5 Å². The van der Waals surface area contributed by atoms with E-state index in [4.69, 9.17) is 11.6 Å². The Hall–Kier alpha value is -1.94. The lowest BCUT2D eigenvalue weighted by molar-refractivity contribution is 0.0753. The Labute approximate surface area is 117 Å². The number of hydrogen-bond donors (Lipinski definition) is 0. The highest BCUT2D eigenvalue weighted by molar-refractivity contribution is 6.18. The molecule has 0 saturated heterocycles. The molecule has 0 aliphatic heterocycles.